The zero-order valence-electron chi connectivity index (χ0n) is 12.2. The van der Waals surface area contributed by atoms with Crippen LogP contribution in [-0.4, -0.2) is 17.2 Å². The molecule has 2 unspecified atom stereocenters. The van der Waals surface area contributed by atoms with Gasteiger partial charge >= 0.3 is 0 Å². The zero-order chi connectivity index (χ0) is 14.3. The van der Waals surface area contributed by atoms with Gasteiger partial charge in [0.2, 0.25) is 0 Å². The number of hydrogen-bond acceptors (Lipinski definition) is 2. The fourth-order valence-corrected chi connectivity index (χ4v) is 3.54. The van der Waals surface area contributed by atoms with Crippen molar-refractivity contribution in [2.24, 2.45) is 11.7 Å². The van der Waals surface area contributed by atoms with Crippen LogP contribution in [0.4, 0.5) is 0 Å². The topological polar surface area (TPSA) is 35.2 Å². The maximum absolute atomic E-state index is 6.44. The van der Waals surface area contributed by atoms with Crippen molar-refractivity contribution in [1.29, 1.82) is 0 Å². The van der Waals surface area contributed by atoms with Gasteiger partial charge in [-0.25, -0.2) is 0 Å². The monoisotopic (exact) mass is 281 g/mol. The molecule has 1 heterocycles. The average Bonchev–Trinajstić information content (AvgIpc) is 2.50. The smallest absolute Gasteiger partial charge is 0.0677 e. The summed E-state index contributed by atoms with van der Waals surface area (Å²) in [5, 5.41) is 0.800. The van der Waals surface area contributed by atoms with Gasteiger partial charge in [0.15, 0.2) is 0 Å². The molecule has 2 rings (SSSR count). The number of hydrogen-bond donors (Lipinski definition) is 1. The van der Waals surface area contributed by atoms with E-state index in [-0.39, 0.29) is 17.2 Å². The number of nitrogens with two attached hydrogens (primary N) is 1. The molecule has 106 valence electrons. The zero-order valence-corrected chi connectivity index (χ0v) is 13.0. The molecule has 0 bridgehead atoms. The van der Waals surface area contributed by atoms with E-state index < -0.39 is 0 Å². The first-order chi connectivity index (χ1) is 8.71. The van der Waals surface area contributed by atoms with Gasteiger partial charge in [0.25, 0.3) is 0 Å². The molecule has 0 aromatic heterocycles. The molecule has 1 fully saturated rings. The minimum atomic E-state index is -0.176. The lowest BCUT2D eigenvalue weighted by atomic mass is 9.80. The highest BCUT2D eigenvalue weighted by Crippen LogP contribution is 2.43. The van der Waals surface area contributed by atoms with Gasteiger partial charge in [-0.05, 0) is 52.2 Å². The van der Waals surface area contributed by atoms with Gasteiger partial charge in [-0.2, -0.15) is 0 Å². The largest absolute Gasteiger partial charge is 0.369 e. The molecule has 1 aliphatic rings. The Balaban J connectivity index is 2.13. The quantitative estimate of drug-likeness (QED) is 0.914. The van der Waals surface area contributed by atoms with Crippen LogP contribution in [0.25, 0.3) is 0 Å². The second-order valence-corrected chi connectivity index (χ2v) is 7.14. The number of ether oxygens (including phenoxy) is 1. The average molecular weight is 282 g/mol. The van der Waals surface area contributed by atoms with Crippen LogP contribution in [0, 0.1) is 5.92 Å². The van der Waals surface area contributed by atoms with E-state index in [0.717, 1.165) is 23.4 Å². The van der Waals surface area contributed by atoms with Crippen LogP contribution in [0.5, 0.6) is 0 Å². The maximum atomic E-state index is 6.44. The van der Waals surface area contributed by atoms with Crippen molar-refractivity contribution in [2.45, 2.75) is 57.8 Å². The molecule has 0 aliphatic carbocycles. The Bertz CT molecular complexity index is 456. The van der Waals surface area contributed by atoms with E-state index in [9.17, 15) is 0 Å². The number of rotatable bonds is 3. The molecule has 0 spiro atoms. The van der Waals surface area contributed by atoms with Gasteiger partial charge in [0, 0.05) is 17.0 Å². The lowest BCUT2D eigenvalue weighted by Gasteiger charge is -2.31. The van der Waals surface area contributed by atoms with Crippen molar-refractivity contribution in [1.82, 2.24) is 0 Å². The number of halogens is 1. The Hall–Kier alpha value is -0.570. The summed E-state index contributed by atoms with van der Waals surface area (Å²) >= 11 is 6.22. The summed E-state index contributed by atoms with van der Waals surface area (Å²) in [7, 11) is 0. The second kappa shape index (κ2) is 5.08. The summed E-state index contributed by atoms with van der Waals surface area (Å²) in [5.41, 5.74) is 7.29. The minimum Gasteiger partial charge on any atom is -0.369 e. The summed E-state index contributed by atoms with van der Waals surface area (Å²) in [6.07, 6.45) is 1.79. The van der Waals surface area contributed by atoms with Crippen LogP contribution in [-0.2, 0) is 11.2 Å². The molecule has 1 aromatic carbocycles. The van der Waals surface area contributed by atoms with Crippen molar-refractivity contribution >= 4 is 11.6 Å². The van der Waals surface area contributed by atoms with Gasteiger partial charge in [0.05, 0.1) is 11.2 Å². The maximum Gasteiger partial charge on any atom is 0.0677 e. The highest BCUT2D eigenvalue weighted by Gasteiger charge is 2.48. The Kier molecular flexibility index (Phi) is 3.97. The van der Waals surface area contributed by atoms with E-state index >= 15 is 0 Å². The Labute approximate surface area is 121 Å². The molecule has 2 nitrogen and oxygen atoms in total. The molecule has 0 saturated carbocycles. The van der Waals surface area contributed by atoms with E-state index in [1.807, 2.05) is 18.2 Å². The van der Waals surface area contributed by atoms with Crippen LogP contribution in [0.3, 0.4) is 0 Å². The molecular weight excluding hydrogens is 258 g/mol. The molecule has 1 aliphatic heterocycles. The Morgan fingerprint density at radius 1 is 1.32 bits per heavy atom. The Morgan fingerprint density at radius 3 is 2.47 bits per heavy atom. The van der Waals surface area contributed by atoms with Crippen molar-refractivity contribution in [3.63, 3.8) is 0 Å². The summed E-state index contributed by atoms with van der Waals surface area (Å²) in [6, 6.07) is 7.99. The van der Waals surface area contributed by atoms with Gasteiger partial charge in [0.1, 0.15) is 0 Å². The third kappa shape index (κ3) is 3.31. The summed E-state index contributed by atoms with van der Waals surface area (Å²) in [6.45, 7) is 8.55. The SMILES string of the molecule is CC1(C)CC(C(N)Cc2ccccc2Cl)C(C)(C)O1. The molecule has 0 amide bonds. The highest BCUT2D eigenvalue weighted by molar-refractivity contribution is 6.31. The molecule has 3 heteroatoms. The predicted molar refractivity (Wildman–Crippen MR) is 80.5 cm³/mol. The minimum absolute atomic E-state index is 0.0664. The third-order valence-corrected chi connectivity index (χ3v) is 4.44. The second-order valence-electron chi connectivity index (χ2n) is 6.74. The molecule has 2 atom stereocenters. The molecule has 1 aromatic rings. The fraction of sp³-hybridized carbons (Fsp3) is 0.625. The van der Waals surface area contributed by atoms with Crippen molar-refractivity contribution in [3.8, 4) is 0 Å². The normalized spacial score (nSPS) is 26.3. The van der Waals surface area contributed by atoms with Crippen molar-refractivity contribution < 1.29 is 4.74 Å². The van der Waals surface area contributed by atoms with E-state index in [4.69, 9.17) is 22.1 Å². The van der Waals surface area contributed by atoms with Gasteiger partial charge in [-0.1, -0.05) is 29.8 Å². The van der Waals surface area contributed by atoms with E-state index in [1.165, 1.54) is 0 Å². The van der Waals surface area contributed by atoms with Crippen LogP contribution in [0.15, 0.2) is 24.3 Å². The first-order valence-corrected chi connectivity index (χ1v) is 7.28. The summed E-state index contributed by atoms with van der Waals surface area (Å²) < 4.78 is 6.12. The summed E-state index contributed by atoms with van der Waals surface area (Å²) in [5.74, 6) is 0.346. The van der Waals surface area contributed by atoms with E-state index in [1.54, 1.807) is 0 Å². The third-order valence-electron chi connectivity index (χ3n) is 4.07. The summed E-state index contributed by atoms with van der Waals surface area (Å²) in [4.78, 5) is 0. The molecule has 19 heavy (non-hydrogen) atoms. The van der Waals surface area contributed by atoms with Crippen molar-refractivity contribution in [3.05, 3.63) is 34.9 Å². The molecule has 1 saturated heterocycles. The fourth-order valence-electron chi connectivity index (χ4n) is 3.33. The van der Waals surface area contributed by atoms with E-state index in [0.29, 0.717) is 5.92 Å². The standard InChI is InChI=1S/C16H24ClNO/c1-15(2)10-12(16(3,4)19-15)14(18)9-11-7-5-6-8-13(11)17/h5-8,12,14H,9-10,18H2,1-4H3. The Morgan fingerprint density at radius 2 is 1.95 bits per heavy atom. The first-order valence-electron chi connectivity index (χ1n) is 6.90. The van der Waals surface area contributed by atoms with Gasteiger partial charge < -0.3 is 10.5 Å². The van der Waals surface area contributed by atoms with Crippen LogP contribution >= 0.6 is 11.6 Å². The molecular formula is C16H24ClNO. The predicted octanol–water partition coefficient (Wildman–Crippen LogP) is 3.80. The van der Waals surface area contributed by atoms with E-state index in [2.05, 4.69) is 33.8 Å². The molecule has 0 radical (unpaired) electrons. The van der Waals surface area contributed by atoms with Crippen LogP contribution in [0.2, 0.25) is 5.02 Å². The first kappa shape index (κ1) is 14.8. The van der Waals surface area contributed by atoms with Crippen LogP contribution < -0.4 is 5.73 Å². The van der Waals surface area contributed by atoms with Gasteiger partial charge in [-0.3, -0.25) is 0 Å². The van der Waals surface area contributed by atoms with Gasteiger partial charge in [-0.15, -0.1) is 0 Å². The number of benzene rings is 1. The lowest BCUT2D eigenvalue weighted by molar-refractivity contribution is -0.0765. The lowest BCUT2D eigenvalue weighted by Crippen LogP contribution is -2.42. The van der Waals surface area contributed by atoms with Crippen LogP contribution in [0.1, 0.15) is 39.7 Å². The van der Waals surface area contributed by atoms with Crippen molar-refractivity contribution in [2.75, 3.05) is 0 Å². The molecule has 2 N–H and O–H groups in total. The highest BCUT2D eigenvalue weighted by atomic mass is 35.5.